The largest absolute Gasteiger partial charge is 0.481 e. The molecule has 4 aromatic rings. The first kappa shape index (κ1) is 20.1. The van der Waals surface area contributed by atoms with E-state index in [1.165, 1.54) is 12.3 Å². The number of carboxylic acids is 1. The Morgan fingerprint density at radius 3 is 2.50 bits per heavy atom. The minimum absolute atomic E-state index is 0.0635. The number of nitrogens with zero attached hydrogens (tertiary/aromatic N) is 3. The van der Waals surface area contributed by atoms with E-state index in [0.717, 1.165) is 22.4 Å². The number of rotatable bonds is 5. The Balaban J connectivity index is 1.29. The third-order valence-corrected chi connectivity index (χ3v) is 5.83. The summed E-state index contributed by atoms with van der Waals surface area (Å²) in [5.41, 5.74) is 3.79. The van der Waals surface area contributed by atoms with Crippen molar-refractivity contribution in [3.05, 3.63) is 60.7 Å². The van der Waals surface area contributed by atoms with Gasteiger partial charge in [0.15, 0.2) is 5.82 Å². The molecule has 0 radical (unpaired) electrons. The molecule has 1 aliphatic carbocycles. The second kappa shape index (κ2) is 8.37. The van der Waals surface area contributed by atoms with Crippen molar-refractivity contribution in [3.63, 3.8) is 0 Å². The van der Waals surface area contributed by atoms with Crippen LogP contribution in [-0.2, 0) is 4.79 Å². The van der Waals surface area contributed by atoms with Crippen molar-refractivity contribution in [3.8, 4) is 28.5 Å². The number of imidazole rings is 1. The van der Waals surface area contributed by atoms with Gasteiger partial charge in [-0.1, -0.05) is 12.1 Å². The third kappa shape index (κ3) is 4.03. The highest BCUT2D eigenvalue weighted by Crippen LogP contribution is 2.30. The highest BCUT2D eigenvalue weighted by molar-refractivity contribution is 5.79. The molecule has 1 saturated carbocycles. The van der Waals surface area contributed by atoms with Gasteiger partial charge in [0.2, 0.25) is 0 Å². The molecule has 1 fully saturated rings. The Morgan fingerprint density at radius 2 is 1.81 bits per heavy atom. The summed E-state index contributed by atoms with van der Waals surface area (Å²) in [7, 11) is 0. The van der Waals surface area contributed by atoms with Crippen LogP contribution in [0.3, 0.4) is 0 Å². The van der Waals surface area contributed by atoms with Crippen molar-refractivity contribution in [1.82, 2.24) is 19.9 Å². The average molecular weight is 432 g/mol. The Bertz CT molecular complexity index is 1230. The summed E-state index contributed by atoms with van der Waals surface area (Å²) in [6, 6.07) is 12.8. The van der Waals surface area contributed by atoms with E-state index in [1.54, 1.807) is 12.3 Å². The van der Waals surface area contributed by atoms with Gasteiger partial charge in [-0.2, -0.15) is 0 Å². The Morgan fingerprint density at radius 1 is 1.03 bits per heavy atom. The zero-order valence-electron chi connectivity index (χ0n) is 17.2. The fourth-order valence-corrected chi connectivity index (χ4v) is 4.03. The molecular formula is C24H21FN4O3. The third-order valence-electron chi connectivity index (χ3n) is 5.83. The maximum Gasteiger partial charge on any atom is 0.306 e. The Labute approximate surface area is 183 Å². The number of hydrogen-bond acceptors (Lipinski definition) is 5. The van der Waals surface area contributed by atoms with Crippen LogP contribution < -0.4 is 4.74 Å². The van der Waals surface area contributed by atoms with Crippen LogP contribution in [0.1, 0.15) is 25.7 Å². The zero-order valence-corrected chi connectivity index (χ0v) is 17.2. The first-order chi connectivity index (χ1) is 15.6. The van der Waals surface area contributed by atoms with Gasteiger partial charge in [-0.3, -0.25) is 9.78 Å². The number of fused-ring (bicyclic) bond motifs is 1. The Kier molecular flexibility index (Phi) is 5.26. The minimum Gasteiger partial charge on any atom is -0.481 e. The quantitative estimate of drug-likeness (QED) is 0.468. The number of hydrogen-bond donors (Lipinski definition) is 2. The number of aromatic amines is 1. The molecule has 32 heavy (non-hydrogen) atoms. The summed E-state index contributed by atoms with van der Waals surface area (Å²) in [6.07, 6.45) is 5.21. The molecule has 7 nitrogen and oxygen atoms in total. The second-order valence-electron chi connectivity index (χ2n) is 7.98. The number of aliphatic carboxylic acids is 1. The van der Waals surface area contributed by atoms with Crippen LogP contribution in [0.15, 0.2) is 54.9 Å². The maximum atomic E-state index is 14.6. The van der Waals surface area contributed by atoms with Gasteiger partial charge in [0.1, 0.15) is 11.9 Å². The first-order valence-corrected chi connectivity index (χ1v) is 10.5. The molecule has 1 aliphatic rings. The number of nitrogens with one attached hydrogen (secondary N) is 1. The van der Waals surface area contributed by atoms with Gasteiger partial charge in [0.05, 0.1) is 22.6 Å². The van der Waals surface area contributed by atoms with Crippen molar-refractivity contribution in [2.75, 3.05) is 0 Å². The molecule has 5 rings (SSSR count). The summed E-state index contributed by atoms with van der Waals surface area (Å²) in [5, 5.41) is 9.09. The Hall–Kier alpha value is -3.81. The average Bonchev–Trinajstić information content (AvgIpc) is 3.25. The zero-order chi connectivity index (χ0) is 22.1. The van der Waals surface area contributed by atoms with E-state index < -0.39 is 11.8 Å². The van der Waals surface area contributed by atoms with Crippen molar-refractivity contribution in [2.24, 2.45) is 5.92 Å². The smallest absolute Gasteiger partial charge is 0.306 e. The lowest BCUT2D eigenvalue weighted by molar-refractivity contribution is -0.143. The SMILES string of the molecule is O=C(O)C1CCC(Oc2ncc(-c3ccc(-c4nc5ccccc5[nH]4)cn3)cc2F)CC1. The number of aromatic nitrogens is 4. The van der Waals surface area contributed by atoms with Crippen LogP contribution in [0.4, 0.5) is 4.39 Å². The molecule has 3 aromatic heterocycles. The summed E-state index contributed by atoms with van der Waals surface area (Å²) in [6.45, 7) is 0. The van der Waals surface area contributed by atoms with Gasteiger partial charge in [0, 0.05) is 23.5 Å². The number of benzene rings is 1. The molecule has 1 aromatic carbocycles. The number of carboxylic acid groups (broad SMARTS) is 1. The van der Waals surface area contributed by atoms with Gasteiger partial charge in [0.25, 0.3) is 5.88 Å². The van der Waals surface area contributed by atoms with E-state index in [4.69, 9.17) is 9.84 Å². The van der Waals surface area contributed by atoms with E-state index in [1.807, 2.05) is 30.3 Å². The molecule has 0 spiro atoms. The van der Waals surface area contributed by atoms with Crippen LogP contribution in [0.25, 0.3) is 33.7 Å². The molecule has 162 valence electrons. The summed E-state index contributed by atoms with van der Waals surface area (Å²) < 4.78 is 20.3. The predicted octanol–water partition coefficient (Wildman–Crippen LogP) is 4.85. The molecule has 0 unspecified atom stereocenters. The van der Waals surface area contributed by atoms with Gasteiger partial charge < -0.3 is 14.8 Å². The fraction of sp³-hybridized carbons (Fsp3) is 0.250. The lowest BCUT2D eigenvalue weighted by atomic mass is 9.87. The highest BCUT2D eigenvalue weighted by atomic mass is 19.1. The van der Waals surface area contributed by atoms with Crippen molar-refractivity contribution in [2.45, 2.75) is 31.8 Å². The number of para-hydroxylation sites is 2. The predicted molar refractivity (Wildman–Crippen MR) is 117 cm³/mol. The summed E-state index contributed by atoms with van der Waals surface area (Å²) in [5.74, 6) is -1.03. The summed E-state index contributed by atoms with van der Waals surface area (Å²) >= 11 is 0. The molecule has 8 heteroatoms. The van der Waals surface area contributed by atoms with Crippen LogP contribution in [0.2, 0.25) is 0 Å². The van der Waals surface area contributed by atoms with E-state index in [9.17, 15) is 9.18 Å². The van der Waals surface area contributed by atoms with Gasteiger partial charge >= 0.3 is 5.97 Å². The number of halogens is 1. The number of carbonyl (C=O) groups is 1. The van der Waals surface area contributed by atoms with E-state index >= 15 is 0 Å². The van der Waals surface area contributed by atoms with E-state index in [0.29, 0.717) is 36.9 Å². The molecule has 0 atom stereocenters. The second-order valence-corrected chi connectivity index (χ2v) is 7.98. The molecular weight excluding hydrogens is 411 g/mol. The van der Waals surface area contributed by atoms with Gasteiger partial charge in [-0.15, -0.1) is 0 Å². The van der Waals surface area contributed by atoms with Crippen molar-refractivity contribution in [1.29, 1.82) is 0 Å². The van der Waals surface area contributed by atoms with Gasteiger partial charge in [-0.05, 0) is 56.0 Å². The first-order valence-electron chi connectivity index (χ1n) is 10.5. The maximum absolute atomic E-state index is 14.6. The highest BCUT2D eigenvalue weighted by Gasteiger charge is 2.27. The number of H-pyrrole nitrogens is 1. The topological polar surface area (TPSA) is 101 Å². The van der Waals surface area contributed by atoms with Gasteiger partial charge in [-0.25, -0.2) is 14.4 Å². The molecule has 3 heterocycles. The van der Waals surface area contributed by atoms with Crippen LogP contribution in [-0.4, -0.2) is 37.1 Å². The van der Waals surface area contributed by atoms with Crippen molar-refractivity contribution < 1.29 is 19.0 Å². The normalized spacial score (nSPS) is 18.5. The number of ether oxygens (including phenoxy) is 1. The lowest BCUT2D eigenvalue weighted by Crippen LogP contribution is -2.28. The number of pyridine rings is 2. The minimum atomic E-state index is -0.782. The molecule has 0 amide bonds. The fourth-order valence-electron chi connectivity index (χ4n) is 4.03. The van der Waals surface area contributed by atoms with E-state index in [-0.39, 0.29) is 17.9 Å². The van der Waals surface area contributed by atoms with Crippen LogP contribution in [0, 0.1) is 11.7 Å². The monoisotopic (exact) mass is 432 g/mol. The lowest BCUT2D eigenvalue weighted by Gasteiger charge is -2.26. The van der Waals surface area contributed by atoms with Crippen molar-refractivity contribution >= 4 is 17.0 Å². The molecule has 0 aliphatic heterocycles. The van der Waals surface area contributed by atoms with Crippen LogP contribution >= 0.6 is 0 Å². The molecule has 2 N–H and O–H groups in total. The van der Waals surface area contributed by atoms with E-state index in [2.05, 4.69) is 19.9 Å². The molecule has 0 saturated heterocycles. The summed E-state index contributed by atoms with van der Waals surface area (Å²) in [4.78, 5) is 27.5. The standard InChI is InChI=1S/C24H21FN4O3/c25-18-11-16(13-27-23(18)32-17-8-5-14(6-9-17)24(30)31)19-10-7-15(12-26-19)22-28-20-3-1-2-4-21(20)29-22/h1-4,7,10-14,17H,5-6,8-9H2,(H,28,29)(H,30,31). The van der Waals surface area contributed by atoms with Crippen LogP contribution in [0.5, 0.6) is 5.88 Å². The molecule has 0 bridgehead atoms.